The number of nitrogens with zero attached hydrogens (tertiary/aromatic N) is 2. The Morgan fingerprint density at radius 1 is 1.08 bits per heavy atom. The molecule has 3 aliphatic carbocycles. The number of rotatable bonds is 4. The van der Waals surface area contributed by atoms with Crippen molar-refractivity contribution in [1.82, 2.24) is 5.01 Å². The highest BCUT2D eigenvalue weighted by Gasteiger charge is 2.56. The van der Waals surface area contributed by atoms with Crippen molar-refractivity contribution in [2.24, 2.45) is 28.8 Å². The molecule has 26 heavy (non-hydrogen) atoms. The Balaban J connectivity index is 1.61. The summed E-state index contributed by atoms with van der Waals surface area (Å²) in [6.07, 6.45) is 7.70. The van der Waals surface area contributed by atoms with E-state index in [1.165, 1.54) is 6.21 Å². The number of halogens is 1. The topological polar surface area (TPSA) is 68.2 Å². The lowest BCUT2D eigenvalue weighted by molar-refractivity contribution is -0.140. The van der Waals surface area contributed by atoms with Gasteiger partial charge in [-0.05, 0) is 65.0 Å². The fraction of sp³-hybridized carbons (Fsp3) is 0.421. The average molecular weight is 466 g/mol. The number of benzene rings is 1. The van der Waals surface area contributed by atoms with Gasteiger partial charge in [-0.1, -0.05) is 12.2 Å². The van der Waals surface area contributed by atoms with Gasteiger partial charge in [0.1, 0.15) is 0 Å². The van der Waals surface area contributed by atoms with Crippen LogP contribution in [0.25, 0.3) is 0 Å². The number of hydrogen-bond donors (Lipinski definition) is 0. The number of allylic oxidation sites excluding steroid dienone is 2. The van der Waals surface area contributed by atoms with Gasteiger partial charge in [0.15, 0.2) is 11.5 Å². The summed E-state index contributed by atoms with van der Waals surface area (Å²) >= 11 is 2.15. The third-order valence-corrected chi connectivity index (χ3v) is 6.32. The lowest BCUT2D eigenvalue weighted by Crippen LogP contribution is -2.38. The molecule has 1 saturated carbocycles. The van der Waals surface area contributed by atoms with Gasteiger partial charge in [0.2, 0.25) is 0 Å². The van der Waals surface area contributed by atoms with Crippen LogP contribution in [0.3, 0.4) is 0 Å². The molecular weight excluding hydrogens is 447 g/mol. The van der Waals surface area contributed by atoms with E-state index in [-0.39, 0.29) is 35.5 Å². The zero-order valence-electron chi connectivity index (χ0n) is 14.5. The van der Waals surface area contributed by atoms with Gasteiger partial charge in [-0.15, -0.1) is 0 Å². The summed E-state index contributed by atoms with van der Waals surface area (Å²) in [5.41, 5.74) is 0.739. The van der Waals surface area contributed by atoms with E-state index in [1.807, 2.05) is 6.07 Å². The second-order valence-corrected chi connectivity index (χ2v) is 7.97. The Labute approximate surface area is 165 Å². The Bertz CT molecular complexity index is 803. The predicted octanol–water partition coefficient (Wildman–Crippen LogP) is 2.84. The molecule has 2 fully saturated rings. The summed E-state index contributed by atoms with van der Waals surface area (Å²) in [5, 5.41) is 5.30. The number of ether oxygens (including phenoxy) is 2. The number of hydrazone groups is 1. The van der Waals surface area contributed by atoms with Crippen molar-refractivity contribution in [2.45, 2.75) is 12.8 Å². The van der Waals surface area contributed by atoms with Crippen molar-refractivity contribution < 1.29 is 19.1 Å². The lowest BCUT2D eigenvalue weighted by Gasteiger charge is -2.37. The van der Waals surface area contributed by atoms with Gasteiger partial charge >= 0.3 is 0 Å². The van der Waals surface area contributed by atoms with E-state index in [0.29, 0.717) is 11.5 Å². The molecule has 7 heteroatoms. The van der Waals surface area contributed by atoms with Crippen molar-refractivity contribution in [3.63, 3.8) is 0 Å². The fourth-order valence-corrected chi connectivity index (χ4v) is 5.15. The van der Waals surface area contributed by atoms with Crippen LogP contribution < -0.4 is 9.47 Å². The molecule has 0 spiro atoms. The summed E-state index contributed by atoms with van der Waals surface area (Å²) in [5.74, 6) is 0.731. The van der Waals surface area contributed by atoms with Gasteiger partial charge in [-0.2, -0.15) is 10.1 Å². The van der Waals surface area contributed by atoms with Crippen molar-refractivity contribution in [1.29, 1.82) is 0 Å². The number of amides is 2. The molecule has 2 amide bonds. The summed E-state index contributed by atoms with van der Waals surface area (Å²) < 4.78 is 11.5. The van der Waals surface area contributed by atoms with Crippen molar-refractivity contribution in [2.75, 3.05) is 14.2 Å². The van der Waals surface area contributed by atoms with E-state index in [9.17, 15) is 9.59 Å². The predicted molar refractivity (Wildman–Crippen MR) is 104 cm³/mol. The molecule has 1 aromatic carbocycles. The maximum atomic E-state index is 12.8. The Morgan fingerprint density at radius 3 is 2.19 bits per heavy atom. The van der Waals surface area contributed by atoms with Crippen LogP contribution in [0.15, 0.2) is 29.4 Å². The Morgan fingerprint density at radius 2 is 1.69 bits per heavy atom. The third-order valence-electron chi connectivity index (χ3n) is 5.51. The highest BCUT2D eigenvalue weighted by molar-refractivity contribution is 14.1. The number of methoxy groups -OCH3 is 2. The van der Waals surface area contributed by atoms with Crippen molar-refractivity contribution in [3.8, 4) is 11.5 Å². The summed E-state index contributed by atoms with van der Waals surface area (Å²) in [4.78, 5) is 25.5. The van der Waals surface area contributed by atoms with Crippen molar-refractivity contribution >= 4 is 40.6 Å². The molecule has 0 aromatic heterocycles. The molecule has 4 atom stereocenters. The van der Waals surface area contributed by atoms with E-state index in [0.717, 1.165) is 27.0 Å². The second-order valence-electron chi connectivity index (χ2n) is 6.81. The van der Waals surface area contributed by atoms with Crippen LogP contribution in [0.2, 0.25) is 0 Å². The van der Waals surface area contributed by atoms with E-state index >= 15 is 0 Å². The molecule has 1 aromatic rings. The molecule has 0 unspecified atom stereocenters. The maximum Gasteiger partial charge on any atom is 0.254 e. The number of carbonyl (C=O) groups excluding carboxylic acids is 2. The SMILES string of the molecule is COc1cc(/C=N\N2C(=O)[C@@H]3[C@H](C2=O)[C@@H]2C=C[C@@H]3CC2)cc(I)c1OC. The molecular formula is C19H19IN2O4. The molecule has 5 rings (SSSR count). The van der Waals surface area contributed by atoms with Gasteiger partial charge in [-0.3, -0.25) is 9.59 Å². The van der Waals surface area contributed by atoms with Crippen LogP contribution in [0.1, 0.15) is 18.4 Å². The Kier molecular flexibility index (Phi) is 4.50. The van der Waals surface area contributed by atoms with Crippen LogP contribution in [-0.4, -0.2) is 37.3 Å². The van der Waals surface area contributed by atoms with Crippen LogP contribution in [0.5, 0.6) is 11.5 Å². The van der Waals surface area contributed by atoms with E-state index < -0.39 is 0 Å². The largest absolute Gasteiger partial charge is 0.493 e. The highest BCUT2D eigenvalue weighted by atomic mass is 127. The third kappa shape index (κ3) is 2.64. The first kappa shape index (κ1) is 17.5. The number of hydrogen-bond acceptors (Lipinski definition) is 5. The smallest absolute Gasteiger partial charge is 0.254 e. The molecule has 1 aliphatic heterocycles. The standard InChI is InChI=1S/C19H19IN2O4/c1-25-14-8-10(7-13(20)17(14)26-2)9-21-22-18(23)15-11-3-4-12(6-5-11)16(15)19(22)24/h3-4,7-9,11-12,15-16H,5-6H2,1-2H3/b21-9-/t11-,12-,15-,16+/m1/s1. The minimum atomic E-state index is -0.242. The average Bonchev–Trinajstić information content (AvgIpc) is 2.93. The van der Waals surface area contributed by atoms with Crippen LogP contribution in [0, 0.1) is 27.2 Å². The number of carbonyl (C=O) groups is 2. The summed E-state index contributed by atoms with van der Waals surface area (Å²) in [7, 11) is 3.15. The second kappa shape index (κ2) is 6.68. The molecule has 6 nitrogen and oxygen atoms in total. The monoisotopic (exact) mass is 466 g/mol. The lowest BCUT2D eigenvalue weighted by atomic mass is 9.63. The first-order valence-corrected chi connectivity index (χ1v) is 9.64. The molecule has 4 aliphatic rings. The molecule has 0 N–H and O–H groups in total. The first-order chi connectivity index (χ1) is 12.5. The molecule has 0 radical (unpaired) electrons. The molecule has 2 bridgehead atoms. The van der Waals surface area contributed by atoms with Crippen LogP contribution in [0.4, 0.5) is 0 Å². The van der Waals surface area contributed by atoms with Gasteiger partial charge in [0, 0.05) is 0 Å². The van der Waals surface area contributed by atoms with E-state index in [1.54, 1.807) is 20.3 Å². The van der Waals surface area contributed by atoms with Gasteiger partial charge in [0.05, 0.1) is 35.8 Å². The summed E-state index contributed by atoms with van der Waals surface area (Å²) in [6.45, 7) is 0. The van der Waals surface area contributed by atoms with Gasteiger partial charge < -0.3 is 9.47 Å². The zero-order valence-corrected chi connectivity index (χ0v) is 16.7. The molecule has 136 valence electrons. The van der Waals surface area contributed by atoms with Crippen LogP contribution >= 0.6 is 22.6 Å². The zero-order chi connectivity index (χ0) is 18.4. The first-order valence-electron chi connectivity index (χ1n) is 8.56. The normalized spacial score (nSPS) is 29.6. The quantitative estimate of drug-likeness (QED) is 0.296. The minimum absolute atomic E-state index is 0.170. The molecule has 1 heterocycles. The molecule has 1 saturated heterocycles. The highest BCUT2D eigenvalue weighted by Crippen LogP contribution is 2.49. The van der Waals surface area contributed by atoms with Crippen LogP contribution in [-0.2, 0) is 9.59 Å². The Hall–Kier alpha value is -1.90. The summed E-state index contributed by atoms with van der Waals surface area (Å²) in [6, 6.07) is 3.64. The minimum Gasteiger partial charge on any atom is -0.493 e. The van der Waals surface area contributed by atoms with Crippen molar-refractivity contribution in [3.05, 3.63) is 33.4 Å². The van der Waals surface area contributed by atoms with E-state index in [4.69, 9.17) is 9.47 Å². The van der Waals surface area contributed by atoms with Gasteiger partial charge in [-0.25, -0.2) is 0 Å². The van der Waals surface area contributed by atoms with E-state index in [2.05, 4.69) is 39.8 Å². The number of imide groups is 1. The maximum absolute atomic E-state index is 12.8. The number of fused-ring (bicyclic) bond motifs is 1. The van der Waals surface area contributed by atoms with Gasteiger partial charge in [0.25, 0.3) is 11.8 Å². The fourth-order valence-electron chi connectivity index (χ4n) is 4.31.